The highest BCUT2D eigenvalue weighted by molar-refractivity contribution is 5.92. The predicted molar refractivity (Wildman–Crippen MR) is 41.1 cm³/mol. The SMILES string of the molecule is Cc1cc(=O)c(C(=O)NO)c[nH]1. The van der Waals surface area contributed by atoms with E-state index >= 15 is 0 Å². The molecule has 0 atom stereocenters. The fourth-order valence-electron chi connectivity index (χ4n) is 0.811. The lowest BCUT2D eigenvalue weighted by atomic mass is 10.2. The van der Waals surface area contributed by atoms with E-state index in [0.29, 0.717) is 5.69 Å². The van der Waals surface area contributed by atoms with Crippen molar-refractivity contribution in [3.05, 3.63) is 33.7 Å². The molecule has 0 aliphatic carbocycles. The van der Waals surface area contributed by atoms with Gasteiger partial charge < -0.3 is 4.98 Å². The van der Waals surface area contributed by atoms with Crippen LogP contribution in [-0.2, 0) is 0 Å². The Balaban J connectivity index is 3.19. The molecule has 1 rings (SSSR count). The quantitative estimate of drug-likeness (QED) is 0.401. The molecule has 1 aromatic heterocycles. The summed E-state index contributed by atoms with van der Waals surface area (Å²) in [6, 6.07) is 1.28. The van der Waals surface area contributed by atoms with E-state index in [-0.39, 0.29) is 5.56 Å². The summed E-state index contributed by atoms with van der Waals surface area (Å²) in [5.74, 6) is -0.809. The minimum absolute atomic E-state index is 0.108. The van der Waals surface area contributed by atoms with Gasteiger partial charge in [0.2, 0.25) is 0 Å². The molecule has 0 radical (unpaired) electrons. The van der Waals surface area contributed by atoms with Gasteiger partial charge in [0.1, 0.15) is 5.56 Å². The maximum Gasteiger partial charge on any atom is 0.280 e. The molecule has 0 spiro atoms. The first-order valence-electron chi connectivity index (χ1n) is 3.29. The van der Waals surface area contributed by atoms with Gasteiger partial charge in [-0.2, -0.15) is 0 Å². The zero-order valence-electron chi connectivity index (χ0n) is 6.42. The van der Waals surface area contributed by atoms with Crippen LogP contribution >= 0.6 is 0 Å². The lowest BCUT2D eigenvalue weighted by molar-refractivity contribution is 0.0704. The van der Waals surface area contributed by atoms with E-state index in [4.69, 9.17) is 5.21 Å². The molecule has 64 valence electrons. The van der Waals surface area contributed by atoms with E-state index < -0.39 is 11.3 Å². The van der Waals surface area contributed by atoms with Gasteiger partial charge in [-0.25, -0.2) is 5.48 Å². The molecule has 1 amide bonds. The van der Waals surface area contributed by atoms with Crippen molar-refractivity contribution >= 4 is 5.91 Å². The smallest absolute Gasteiger partial charge is 0.280 e. The number of hydrogen-bond donors (Lipinski definition) is 3. The van der Waals surface area contributed by atoms with Gasteiger partial charge in [0.15, 0.2) is 5.43 Å². The first kappa shape index (κ1) is 8.48. The van der Waals surface area contributed by atoms with Crippen LogP contribution < -0.4 is 10.9 Å². The molecule has 0 fully saturated rings. The summed E-state index contributed by atoms with van der Waals surface area (Å²) in [6.45, 7) is 1.70. The molecule has 0 aliphatic rings. The van der Waals surface area contributed by atoms with Gasteiger partial charge in [0.05, 0.1) is 0 Å². The molecule has 12 heavy (non-hydrogen) atoms. The summed E-state index contributed by atoms with van der Waals surface area (Å²) in [5, 5.41) is 8.23. The van der Waals surface area contributed by atoms with Crippen LogP contribution in [0.3, 0.4) is 0 Å². The Labute approximate surface area is 68.0 Å². The van der Waals surface area contributed by atoms with Crippen LogP contribution in [0.2, 0.25) is 0 Å². The summed E-state index contributed by atoms with van der Waals surface area (Å²) < 4.78 is 0. The standard InChI is InChI=1S/C7H8N2O3/c1-4-2-6(10)5(3-8-4)7(11)9-12/h2-3,12H,1H3,(H,8,10)(H,9,11). The van der Waals surface area contributed by atoms with Gasteiger partial charge in [-0.1, -0.05) is 0 Å². The summed E-state index contributed by atoms with van der Waals surface area (Å²) in [5.41, 5.74) is 1.52. The molecule has 1 aromatic rings. The van der Waals surface area contributed by atoms with Gasteiger partial charge in [-0.15, -0.1) is 0 Å². The number of carbonyl (C=O) groups is 1. The molecule has 3 N–H and O–H groups in total. The molecule has 0 bridgehead atoms. The lowest BCUT2D eigenvalue weighted by Gasteiger charge is -1.97. The Hall–Kier alpha value is -1.62. The highest BCUT2D eigenvalue weighted by Gasteiger charge is 2.07. The van der Waals surface area contributed by atoms with Crippen molar-refractivity contribution in [2.75, 3.05) is 0 Å². The van der Waals surface area contributed by atoms with Gasteiger partial charge in [0.25, 0.3) is 5.91 Å². The zero-order chi connectivity index (χ0) is 9.14. The number of pyridine rings is 1. The van der Waals surface area contributed by atoms with Crippen molar-refractivity contribution in [3.8, 4) is 0 Å². The number of aryl methyl sites for hydroxylation is 1. The zero-order valence-corrected chi connectivity index (χ0v) is 6.42. The highest BCUT2D eigenvalue weighted by Crippen LogP contribution is 1.90. The first-order chi connectivity index (χ1) is 5.65. The Morgan fingerprint density at radius 1 is 1.67 bits per heavy atom. The fraction of sp³-hybridized carbons (Fsp3) is 0.143. The topological polar surface area (TPSA) is 82.2 Å². The van der Waals surface area contributed by atoms with E-state index in [0.717, 1.165) is 0 Å². The van der Waals surface area contributed by atoms with Crippen LogP contribution in [0.4, 0.5) is 0 Å². The second-order valence-corrected chi connectivity index (χ2v) is 2.33. The Morgan fingerprint density at radius 2 is 2.33 bits per heavy atom. The van der Waals surface area contributed by atoms with Gasteiger partial charge >= 0.3 is 0 Å². The van der Waals surface area contributed by atoms with E-state index in [9.17, 15) is 9.59 Å². The second-order valence-electron chi connectivity index (χ2n) is 2.33. The normalized spacial score (nSPS) is 9.50. The average Bonchev–Trinajstić information content (AvgIpc) is 2.03. The third kappa shape index (κ3) is 1.51. The molecular formula is C7H8N2O3. The van der Waals surface area contributed by atoms with Crippen LogP contribution in [0, 0.1) is 6.92 Å². The Bertz CT molecular complexity index is 356. The summed E-state index contributed by atoms with van der Waals surface area (Å²) in [6.07, 6.45) is 1.25. The van der Waals surface area contributed by atoms with Crippen LogP contribution in [0.1, 0.15) is 16.1 Å². The van der Waals surface area contributed by atoms with Crippen molar-refractivity contribution in [1.29, 1.82) is 0 Å². The maximum atomic E-state index is 11.0. The summed E-state index contributed by atoms with van der Waals surface area (Å²) in [7, 11) is 0. The predicted octanol–water partition coefficient (Wildman–Crippen LogP) is -0.198. The third-order valence-corrected chi connectivity index (χ3v) is 1.40. The number of amides is 1. The molecule has 0 aromatic carbocycles. The number of aromatic amines is 1. The summed E-state index contributed by atoms with van der Waals surface area (Å²) >= 11 is 0. The van der Waals surface area contributed by atoms with Crippen molar-refractivity contribution in [2.24, 2.45) is 0 Å². The monoisotopic (exact) mass is 168 g/mol. The van der Waals surface area contributed by atoms with E-state index in [1.807, 2.05) is 0 Å². The summed E-state index contributed by atoms with van der Waals surface area (Å²) in [4.78, 5) is 24.5. The van der Waals surface area contributed by atoms with E-state index in [1.165, 1.54) is 17.7 Å². The van der Waals surface area contributed by atoms with E-state index in [1.54, 1.807) is 6.92 Å². The minimum atomic E-state index is -0.809. The third-order valence-electron chi connectivity index (χ3n) is 1.40. The number of aromatic nitrogens is 1. The minimum Gasteiger partial charge on any atom is -0.364 e. The van der Waals surface area contributed by atoms with Gasteiger partial charge in [-0.3, -0.25) is 14.8 Å². The maximum absolute atomic E-state index is 11.0. The molecule has 0 aliphatic heterocycles. The molecule has 5 heteroatoms. The van der Waals surface area contributed by atoms with Crippen LogP contribution in [0.25, 0.3) is 0 Å². The average molecular weight is 168 g/mol. The van der Waals surface area contributed by atoms with Crippen molar-refractivity contribution in [3.63, 3.8) is 0 Å². The first-order valence-corrected chi connectivity index (χ1v) is 3.29. The lowest BCUT2D eigenvalue weighted by Crippen LogP contribution is -2.25. The van der Waals surface area contributed by atoms with Crippen LogP contribution in [-0.4, -0.2) is 16.1 Å². The number of rotatable bonds is 1. The largest absolute Gasteiger partial charge is 0.364 e. The van der Waals surface area contributed by atoms with Crippen molar-refractivity contribution < 1.29 is 10.0 Å². The number of nitrogens with one attached hydrogen (secondary N) is 2. The highest BCUT2D eigenvalue weighted by atomic mass is 16.5. The fourth-order valence-corrected chi connectivity index (χ4v) is 0.811. The Kier molecular flexibility index (Phi) is 2.25. The second kappa shape index (κ2) is 3.19. The molecule has 0 saturated carbocycles. The van der Waals surface area contributed by atoms with E-state index in [2.05, 4.69) is 4.98 Å². The van der Waals surface area contributed by atoms with Gasteiger partial charge in [0, 0.05) is 18.0 Å². The van der Waals surface area contributed by atoms with Crippen molar-refractivity contribution in [1.82, 2.24) is 10.5 Å². The number of hydrogen-bond acceptors (Lipinski definition) is 3. The molecule has 1 heterocycles. The van der Waals surface area contributed by atoms with Crippen LogP contribution in [0.5, 0.6) is 0 Å². The number of hydroxylamine groups is 1. The number of H-pyrrole nitrogens is 1. The molecule has 5 nitrogen and oxygen atoms in total. The molecule has 0 saturated heterocycles. The number of carbonyl (C=O) groups excluding carboxylic acids is 1. The van der Waals surface area contributed by atoms with Crippen molar-refractivity contribution in [2.45, 2.75) is 6.92 Å². The molecular weight excluding hydrogens is 160 g/mol. The van der Waals surface area contributed by atoms with Crippen LogP contribution in [0.15, 0.2) is 17.1 Å². The molecule has 0 unspecified atom stereocenters. The Morgan fingerprint density at radius 3 is 2.83 bits per heavy atom. The van der Waals surface area contributed by atoms with Gasteiger partial charge in [-0.05, 0) is 6.92 Å².